The molecular weight excluding hydrogens is 230 g/mol. The summed E-state index contributed by atoms with van der Waals surface area (Å²) in [4.78, 5) is 10.3. The maximum absolute atomic E-state index is 11.4. The van der Waals surface area contributed by atoms with E-state index in [2.05, 4.69) is 4.72 Å². The molecule has 0 spiro atoms. The molecule has 0 radical (unpaired) electrons. The number of sulfonamides is 1. The first-order chi connectivity index (χ1) is 7.39. The summed E-state index contributed by atoms with van der Waals surface area (Å²) in [5, 5.41) is 8.39. The predicted molar refractivity (Wildman–Crippen MR) is 60.8 cm³/mol. The van der Waals surface area contributed by atoms with Crippen LogP contribution in [0.3, 0.4) is 0 Å². The lowest BCUT2D eigenvalue weighted by Gasteiger charge is -2.06. The van der Waals surface area contributed by atoms with E-state index in [1.165, 1.54) is 0 Å². The standard InChI is InChI=1S/C10H13NO4S/c1-8-2-4-9(5-3-8)11-16(14,15)7-6-10(12)13/h2-5,11H,6-7H2,1H3,(H,12,13). The fourth-order valence-corrected chi connectivity index (χ4v) is 2.11. The van der Waals surface area contributed by atoms with Gasteiger partial charge in [0.15, 0.2) is 0 Å². The Labute approximate surface area is 94.2 Å². The van der Waals surface area contributed by atoms with Crippen LogP contribution < -0.4 is 4.72 Å². The molecule has 0 aromatic heterocycles. The van der Waals surface area contributed by atoms with Crippen molar-refractivity contribution in [2.75, 3.05) is 10.5 Å². The van der Waals surface area contributed by atoms with Crippen LogP contribution >= 0.6 is 0 Å². The lowest BCUT2D eigenvalue weighted by atomic mass is 10.2. The van der Waals surface area contributed by atoms with Crippen LogP contribution in [-0.4, -0.2) is 25.2 Å². The number of carboxylic acids is 1. The van der Waals surface area contributed by atoms with Crippen LogP contribution in [0.1, 0.15) is 12.0 Å². The van der Waals surface area contributed by atoms with E-state index in [1.54, 1.807) is 24.3 Å². The van der Waals surface area contributed by atoms with Crippen molar-refractivity contribution in [1.29, 1.82) is 0 Å². The van der Waals surface area contributed by atoms with Crippen molar-refractivity contribution in [3.8, 4) is 0 Å². The van der Waals surface area contributed by atoms with Gasteiger partial charge in [-0.3, -0.25) is 9.52 Å². The number of carboxylic acid groups (broad SMARTS) is 1. The van der Waals surface area contributed by atoms with Gasteiger partial charge in [-0.15, -0.1) is 0 Å². The van der Waals surface area contributed by atoms with Crippen LogP contribution in [-0.2, 0) is 14.8 Å². The van der Waals surface area contributed by atoms with Gasteiger partial charge in [0, 0.05) is 5.69 Å². The molecule has 6 heteroatoms. The van der Waals surface area contributed by atoms with Gasteiger partial charge in [0.2, 0.25) is 10.0 Å². The molecule has 1 aromatic carbocycles. The summed E-state index contributed by atoms with van der Waals surface area (Å²) >= 11 is 0. The van der Waals surface area contributed by atoms with Crippen molar-refractivity contribution in [1.82, 2.24) is 0 Å². The summed E-state index contributed by atoms with van der Waals surface area (Å²) in [7, 11) is -3.57. The average molecular weight is 243 g/mol. The van der Waals surface area contributed by atoms with Gasteiger partial charge in [0.25, 0.3) is 0 Å². The Balaban J connectivity index is 2.65. The molecule has 0 aliphatic heterocycles. The minimum absolute atomic E-state index is 0.402. The number of aryl methyl sites for hydroxylation is 1. The third-order valence-corrected chi connectivity index (χ3v) is 3.20. The number of aliphatic carboxylic acids is 1. The molecule has 0 aliphatic rings. The monoisotopic (exact) mass is 243 g/mol. The van der Waals surface area contributed by atoms with E-state index in [4.69, 9.17) is 5.11 Å². The largest absolute Gasteiger partial charge is 0.481 e. The fraction of sp³-hybridized carbons (Fsp3) is 0.300. The Morgan fingerprint density at radius 1 is 1.31 bits per heavy atom. The van der Waals surface area contributed by atoms with Gasteiger partial charge in [-0.05, 0) is 19.1 Å². The molecule has 0 saturated carbocycles. The molecule has 88 valence electrons. The van der Waals surface area contributed by atoms with Crippen LogP contribution in [0.5, 0.6) is 0 Å². The van der Waals surface area contributed by atoms with Gasteiger partial charge in [-0.2, -0.15) is 0 Å². The lowest BCUT2D eigenvalue weighted by molar-refractivity contribution is -0.136. The molecule has 5 nitrogen and oxygen atoms in total. The zero-order valence-electron chi connectivity index (χ0n) is 8.80. The number of benzene rings is 1. The summed E-state index contributed by atoms with van der Waals surface area (Å²) in [6, 6.07) is 6.81. The average Bonchev–Trinajstić information content (AvgIpc) is 2.19. The van der Waals surface area contributed by atoms with Gasteiger partial charge in [0.1, 0.15) is 0 Å². The predicted octanol–water partition coefficient (Wildman–Crippen LogP) is 1.21. The third kappa shape index (κ3) is 4.31. The first-order valence-corrected chi connectivity index (χ1v) is 6.33. The SMILES string of the molecule is Cc1ccc(NS(=O)(=O)CCC(=O)O)cc1. The van der Waals surface area contributed by atoms with Gasteiger partial charge >= 0.3 is 5.97 Å². The van der Waals surface area contributed by atoms with Crippen LogP contribution in [0.2, 0.25) is 0 Å². The van der Waals surface area contributed by atoms with E-state index in [-0.39, 0.29) is 0 Å². The number of hydrogen-bond acceptors (Lipinski definition) is 3. The van der Waals surface area contributed by atoms with Gasteiger partial charge in [-0.25, -0.2) is 8.42 Å². The van der Waals surface area contributed by atoms with Gasteiger partial charge in [0.05, 0.1) is 12.2 Å². The highest BCUT2D eigenvalue weighted by Gasteiger charge is 2.12. The second-order valence-electron chi connectivity index (χ2n) is 3.43. The molecule has 0 unspecified atom stereocenters. The summed E-state index contributed by atoms with van der Waals surface area (Å²) in [6.45, 7) is 1.89. The molecule has 0 heterocycles. The van der Waals surface area contributed by atoms with Crippen LogP contribution in [0.25, 0.3) is 0 Å². The molecule has 1 rings (SSSR count). The first-order valence-electron chi connectivity index (χ1n) is 4.68. The number of anilines is 1. The summed E-state index contributed by atoms with van der Waals surface area (Å²) in [5.41, 5.74) is 1.46. The number of nitrogens with one attached hydrogen (secondary N) is 1. The summed E-state index contributed by atoms with van der Waals surface area (Å²) in [6.07, 6.45) is -0.402. The highest BCUT2D eigenvalue weighted by atomic mass is 32.2. The van der Waals surface area contributed by atoms with Crippen molar-refractivity contribution in [2.45, 2.75) is 13.3 Å². The molecule has 16 heavy (non-hydrogen) atoms. The zero-order chi connectivity index (χ0) is 12.2. The Bertz CT molecular complexity index is 464. The minimum Gasteiger partial charge on any atom is -0.481 e. The second-order valence-corrected chi connectivity index (χ2v) is 5.27. The Morgan fingerprint density at radius 3 is 2.38 bits per heavy atom. The molecule has 2 N–H and O–H groups in total. The van der Waals surface area contributed by atoms with Crippen LogP contribution in [0.4, 0.5) is 5.69 Å². The minimum atomic E-state index is -3.57. The van der Waals surface area contributed by atoms with Gasteiger partial charge < -0.3 is 5.11 Å². The van der Waals surface area contributed by atoms with Crippen molar-refractivity contribution in [2.24, 2.45) is 0 Å². The topological polar surface area (TPSA) is 83.5 Å². The van der Waals surface area contributed by atoms with E-state index >= 15 is 0 Å². The van der Waals surface area contributed by atoms with Crippen molar-refractivity contribution >= 4 is 21.7 Å². The molecule has 1 aromatic rings. The van der Waals surface area contributed by atoms with Crippen LogP contribution in [0, 0.1) is 6.92 Å². The smallest absolute Gasteiger partial charge is 0.304 e. The van der Waals surface area contributed by atoms with Gasteiger partial charge in [-0.1, -0.05) is 17.7 Å². The lowest BCUT2D eigenvalue weighted by Crippen LogP contribution is -2.18. The normalized spacial score (nSPS) is 11.1. The molecular formula is C10H13NO4S. The zero-order valence-corrected chi connectivity index (χ0v) is 9.62. The molecule has 0 bridgehead atoms. The quantitative estimate of drug-likeness (QED) is 0.814. The number of rotatable bonds is 5. The first kappa shape index (κ1) is 12.5. The maximum atomic E-state index is 11.4. The summed E-state index contributed by atoms with van der Waals surface area (Å²) in [5.74, 6) is -1.55. The van der Waals surface area contributed by atoms with E-state index in [0.29, 0.717) is 5.69 Å². The number of hydrogen-bond donors (Lipinski definition) is 2. The Kier molecular flexibility index (Phi) is 3.89. The van der Waals surface area contributed by atoms with Crippen LogP contribution in [0.15, 0.2) is 24.3 Å². The highest BCUT2D eigenvalue weighted by Crippen LogP contribution is 2.10. The van der Waals surface area contributed by atoms with E-state index < -0.39 is 28.2 Å². The molecule has 0 saturated heterocycles. The highest BCUT2D eigenvalue weighted by molar-refractivity contribution is 7.92. The fourth-order valence-electron chi connectivity index (χ4n) is 1.07. The van der Waals surface area contributed by atoms with E-state index in [1.807, 2.05) is 6.92 Å². The van der Waals surface area contributed by atoms with Crippen molar-refractivity contribution < 1.29 is 18.3 Å². The maximum Gasteiger partial charge on any atom is 0.304 e. The Hall–Kier alpha value is -1.56. The van der Waals surface area contributed by atoms with Crippen molar-refractivity contribution in [3.05, 3.63) is 29.8 Å². The van der Waals surface area contributed by atoms with E-state index in [0.717, 1.165) is 5.56 Å². The summed E-state index contributed by atoms with van der Waals surface area (Å²) < 4.78 is 25.1. The molecule has 0 fully saturated rings. The third-order valence-electron chi connectivity index (χ3n) is 1.91. The molecule has 0 amide bonds. The number of carbonyl (C=O) groups is 1. The Morgan fingerprint density at radius 2 is 1.88 bits per heavy atom. The molecule has 0 aliphatic carbocycles. The second kappa shape index (κ2) is 4.98. The molecule has 0 atom stereocenters. The van der Waals surface area contributed by atoms with Crippen molar-refractivity contribution in [3.63, 3.8) is 0 Å². The van der Waals surface area contributed by atoms with E-state index in [9.17, 15) is 13.2 Å².